The first kappa shape index (κ1) is 19.4. The molecule has 0 aliphatic rings. The van der Waals surface area contributed by atoms with Gasteiger partial charge in [0.25, 0.3) is 5.69 Å². The number of nitrogens with one attached hydrogen (secondary N) is 1. The zero-order valence-electron chi connectivity index (χ0n) is 16.2. The lowest BCUT2D eigenvalue weighted by atomic mass is 9.98. The number of anilines is 2. The second-order valence-electron chi connectivity index (χ2n) is 6.53. The third kappa shape index (κ3) is 4.31. The Morgan fingerprint density at radius 1 is 0.893 bits per heavy atom. The maximum atomic E-state index is 11.6. The van der Waals surface area contributed by atoms with Crippen LogP contribution in [0.1, 0.15) is 31.0 Å². The van der Waals surface area contributed by atoms with Crippen molar-refractivity contribution in [3.8, 4) is 0 Å². The number of hydrogen-bond donors (Lipinski definition) is 1. The fraction of sp³-hybridized carbons (Fsp3) is 0.217. The third-order valence-electron chi connectivity index (χ3n) is 4.87. The van der Waals surface area contributed by atoms with E-state index in [0.717, 1.165) is 29.9 Å². The molecular weight excluding hydrogens is 350 g/mol. The van der Waals surface area contributed by atoms with Crippen molar-refractivity contribution < 1.29 is 4.92 Å². The van der Waals surface area contributed by atoms with Crippen LogP contribution >= 0.6 is 0 Å². The molecule has 0 bridgehead atoms. The zero-order valence-corrected chi connectivity index (χ0v) is 16.2. The maximum Gasteiger partial charge on any atom is 0.292 e. The molecule has 28 heavy (non-hydrogen) atoms. The van der Waals surface area contributed by atoms with Crippen molar-refractivity contribution >= 4 is 17.1 Å². The predicted octanol–water partition coefficient (Wildman–Crippen LogP) is 5.64. The van der Waals surface area contributed by atoms with Crippen LogP contribution in [-0.2, 0) is 0 Å². The fourth-order valence-electron chi connectivity index (χ4n) is 3.39. The topological polar surface area (TPSA) is 58.4 Å². The van der Waals surface area contributed by atoms with Gasteiger partial charge in [0.15, 0.2) is 0 Å². The molecule has 0 fully saturated rings. The number of nitrogens with zero attached hydrogens (tertiary/aromatic N) is 2. The number of nitro benzene ring substituents is 1. The first-order valence-corrected chi connectivity index (χ1v) is 9.53. The number of benzene rings is 3. The summed E-state index contributed by atoms with van der Waals surface area (Å²) in [5.41, 5.74) is 3.67. The summed E-state index contributed by atoms with van der Waals surface area (Å²) in [6.07, 6.45) is 0. The van der Waals surface area contributed by atoms with Gasteiger partial charge in [-0.05, 0) is 37.1 Å². The molecule has 0 amide bonds. The standard InChI is InChI=1S/C23H25N3O2/c1-3-25(4-2)20-15-16-22(26(27)28)21(17-20)24-23(18-11-7-5-8-12-18)19-13-9-6-10-14-19/h5-17,23-24H,3-4H2,1-2H3. The Kier molecular flexibility index (Phi) is 6.27. The summed E-state index contributed by atoms with van der Waals surface area (Å²) in [6, 6.07) is 25.1. The van der Waals surface area contributed by atoms with Crippen LogP contribution in [0.5, 0.6) is 0 Å². The summed E-state index contributed by atoms with van der Waals surface area (Å²) in [7, 11) is 0. The predicted molar refractivity (Wildman–Crippen MR) is 115 cm³/mol. The van der Waals surface area contributed by atoms with E-state index >= 15 is 0 Å². The van der Waals surface area contributed by atoms with Crippen molar-refractivity contribution in [1.29, 1.82) is 0 Å². The minimum Gasteiger partial charge on any atom is -0.372 e. The van der Waals surface area contributed by atoms with Crippen molar-refractivity contribution in [2.75, 3.05) is 23.3 Å². The lowest BCUT2D eigenvalue weighted by molar-refractivity contribution is -0.384. The van der Waals surface area contributed by atoms with Crippen LogP contribution in [0.2, 0.25) is 0 Å². The third-order valence-corrected chi connectivity index (χ3v) is 4.87. The summed E-state index contributed by atoms with van der Waals surface area (Å²) < 4.78 is 0. The van der Waals surface area contributed by atoms with Crippen molar-refractivity contribution in [2.45, 2.75) is 19.9 Å². The average molecular weight is 375 g/mol. The van der Waals surface area contributed by atoms with E-state index in [0.29, 0.717) is 5.69 Å². The zero-order chi connectivity index (χ0) is 19.9. The van der Waals surface area contributed by atoms with Gasteiger partial charge in [-0.25, -0.2) is 0 Å². The Hall–Kier alpha value is -3.34. The van der Waals surface area contributed by atoms with E-state index < -0.39 is 0 Å². The molecule has 0 atom stereocenters. The quantitative estimate of drug-likeness (QED) is 0.409. The van der Waals surface area contributed by atoms with Gasteiger partial charge in [0.05, 0.1) is 11.0 Å². The van der Waals surface area contributed by atoms with E-state index in [2.05, 4.69) is 24.1 Å². The molecule has 0 aliphatic carbocycles. The molecule has 3 rings (SSSR count). The molecular formula is C23H25N3O2. The normalized spacial score (nSPS) is 10.7. The Bertz CT molecular complexity index is 870. The van der Waals surface area contributed by atoms with E-state index in [1.165, 1.54) is 0 Å². The molecule has 0 unspecified atom stereocenters. The van der Waals surface area contributed by atoms with Crippen LogP contribution < -0.4 is 10.2 Å². The molecule has 0 aromatic heterocycles. The Labute approximate surface area is 165 Å². The Balaban J connectivity index is 2.06. The van der Waals surface area contributed by atoms with E-state index in [9.17, 15) is 10.1 Å². The van der Waals surface area contributed by atoms with Crippen molar-refractivity contribution in [3.05, 3.63) is 100 Å². The van der Waals surface area contributed by atoms with Crippen molar-refractivity contribution in [2.24, 2.45) is 0 Å². The summed E-state index contributed by atoms with van der Waals surface area (Å²) in [4.78, 5) is 13.5. The van der Waals surface area contributed by atoms with Gasteiger partial charge in [-0.3, -0.25) is 10.1 Å². The van der Waals surface area contributed by atoms with Gasteiger partial charge < -0.3 is 10.2 Å². The molecule has 3 aromatic rings. The molecule has 0 saturated heterocycles. The summed E-state index contributed by atoms with van der Waals surface area (Å²) in [5, 5.41) is 15.1. The van der Waals surface area contributed by atoms with E-state index in [1.807, 2.05) is 72.8 Å². The highest BCUT2D eigenvalue weighted by Gasteiger charge is 2.21. The number of hydrogen-bond acceptors (Lipinski definition) is 4. The minimum atomic E-state index is -0.332. The van der Waals surface area contributed by atoms with Crippen LogP contribution in [0.4, 0.5) is 17.1 Å². The maximum absolute atomic E-state index is 11.6. The van der Waals surface area contributed by atoms with Gasteiger partial charge in [0.2, 0.25) is 0 Å². The molecule has 0 radical (unpaired) electrons. The van der Waals surface area contributed by atoms with Gasteiger partial charge in [0, 0.05) is 24.8 Å². The lowest BCUT2D eigenvalue weighted by Crippen LogP contribution is -2.22. The molecule has 5 heteroatoms. The largest absolute Gasteiger partial charge is 0.372 e. The molecule has 3 aromatic carbocycles. The minimum absolute atomic E-state index is 0.0766. The molecule has 0 spiro atoms. The van der Waals surface area contributed by atoms with Gasteiger partial charge >= 0.3 is 0 Å². The average Bonchev–Trinajstić information content (AvgIpc) is 2.74. The van der Waals surface area contributed by atoms with Crippen LogP contribution in [0.25, 0.3) is 0 Å². The van der Waals surface area contributed by atoms with Gasteiger partial charge in [-0.2, -0.15) is 0 Å². The first-order chi connectivity index (χ1) is 13.6. The SMILES string of the molecule is CCN(CC)c1ccc([N+](=O)[O-])c(NC(c2ccccc2)c2ccccc2)c1. The van der Waals surface area contributed by atoms with E-state index in [-0.39, 0.29) is 16.7 Å². The second-order valence-corrected chi connectivity index (χ2v) is 6.53. The number of nitro groups is 1. The molecule has 144 valence electrons. The first-order valence-electron chi connectivity index (χ1n) is 9.53. The second kappa shape index (κ2) is 9.04. The van der Waals surface area contributed by atoms with Crippen LogP contribution in [0.15, 0.2) is 78.9 Å². The van der Waals surface area contributed by atoms with Gasteiger partial charge in [0.1, 0.15) is 5.69 Å². The van der Waals surface area contributed by atoms with Crippen molar-refractivity contribution in [1.82, 2.24) is 0 Å². The van der Waals surface area contributed by atoms with Gasteiger partial charge in [-0.1, -0.05) is 60.7 Å². The molecule has 0 aliphatic heterocycles. The smallest absolute Gasteiger partial charge is 0.292 e. The van der Waals surface area contributed by atoms with Gasteiger partial charge in [-0.15, -0.1) is 0 Å². The lowest BCUT2D eigenvalue weighted by Gasteiger charge is -2.24. The number of rotatable bonds is 8. The Morgan fingerprint density at radius 3 is 1.89 bits per heavy atom. The van der Waals surface area contributed by atoms with Crippen LogP contribution in [0.3, 0.4) is 0 Å². The summed E-state index contributed by atoms with van der Waals surface area (Å²) >= 11 is 0. The molecule has 0 saturated carbocycles. The van der Waals surface area contributed by atoms with E-state index in [1.54, 1.807) is 6.07 Å². The molecule has 1 N–H and O–H groups in total. The van der Waals surface area contributed by atoms with E-state index in [4.69, 9.17) is 0 Å². The molecule has 0 heterocycles. The monoisotopic (exact) mass is 375 g/mol. The highest BCUT2D eigenvalue weighted by atomic mass is 16.6. The fourth-order valence-corrected chi connectivity index (χ4v) is 3.39. The van der Waals surface area contributed by atoms with Crippen LogP contribution in [-0.4, -0.2) is 18.0 Å². The summed E-state index contributed by atoms with van der Waals surface area (Å²) in [6.45, 7) is 5.84. The highest BCUT2D eigenvalue weighted by molar-refractivity contribution is 5.70. The summed E-state index contributed by atoms with van der Waals surface area (Å²) in [5.74, 6) is 0. The van der Waals surface area contributed by atoms with Crippen molar-refractivity contribution in [3.63, 3.8) is 0 Å². The Morgan fingerprint density at radius 2 is 1.43 bits per heavy atom. The van der Waals surface area contributed by atoms with Crippen LogP contribution in [0, 0.1) is 10.1 Å². The molecule has 5 nitrogen and oxygen atoms in total. The highest BCUT2D eigenvalue weighted by Crippen LogP contribution is 2.34.